The van der Waals surface area contributed by atoms with E-state index in [4.69, 9.17) is 4.74 Å². The number of thiazole rings is 1. The molecular weight excluding hydrogens is 324 g/mol. The number of carbonyl (C=O) groups is 1. The number of nitrogens with zero attached hydrogens (tertiary/aromatic N) is 3. The fourth-order valence-corrected chi connectivity index (χ4v) is 3.86. The molecule has 3 heterocycles. The molecule has 2 atom stereocenters. The SMILES string of the molecule is O=C(Cc1csc(-c2ccccn2)n1)N[C@@H]1C[C@H]1N1CCOCC1. The molecule has 1 N–H and O–H groups in total. The lowest BCUT2D eigenvalue weighted by molar-refractivity contribution is -0.120. The Kier molecular flexibility index (Phi) is 4.55. The van der Waals surface area contributed by atoms with Gasteiger partial charge in [0.2, 0.25) is 5.91 Å². The average molecular weight is 344 g/mol. The molecule has 2 aromatic rings. The number of hydrogen-bond donors (Lipinski definition) is 1. The molecule has 0 radical (unpaired) electrons. The molecule has 1 amide bonds. The van der Waals surface area contributed by atoms with Gasteiger partial charge in [-0.2, -0.15) is 0 Å². The van der Waals surface area contributed by atoms with E-state index in [1.54, 1.807) is 6.20 Å². The second kappa shape index (κ2) is 6.96. The molecule has 2 aliphatic rings. The summed E-state index contributed by atoms with van der Waals surface area (Å²) in [6.45, 7) is 3.53. The summed E-state index contributed by atoms with van der Waals surface area (Å²) in [5.41, 5.74) is 1.66. The predicted molar refractivity (Wildman–Crippen MR) is 91.8 cm³/mol. The molecule has 0 spiro atoms. The predicted octanol–water partition coefficient (Wildman–Crippen LogP) is 1.34. The van der Waals surface area contributed by atoms with Crippen molar-refractivity contribution in [1.82, 2.24) is 20.2 Å². The van der Waals surface area contributed by atoms with Crippen LogP contribution in [-0.2, 0) is 16.0 Å². The number of ether oxygens (including phenoxy) is 1. The summed E-state index contributed by atoms with van der Waals surface area (Å²) in [5.74, 6) is 0.0497. The van der Waals surface area contributed by atoms with E-state index in [9.17, 15) is 4.79 Å². The van der Waals surface area contributed by atoms with Crippen LogP contribution >= 0.6 is 11.3 Å². The van der Waals surface area contributed by atoms with Crippen LogP contribution in [-0.4, -0.2) is 59.2 Å². The summed E-state index contributed by atoms with van der Waals surface area (Å²) in [7, 11) is 0. The number of amides is 1. The van der Waals surface area contributed by atoms with Gasteiger partial charge in [-0.05, 0) is 18.6 Å². The topological polar surface area (TPSA) is 67.4 Å². The highest BCUT2D eigenvalue weighted by Crippen LogP contribution is 2.29. The first-order valence-corrected chi connectivity index (χ1v) is 9.14. The summed E-state index contributed by atoms with van der Waals surface area (Å²) in [4.78, 5) is 23.5. The Hall–Kier alpha value is -1.83. The van der Waals surface area contributed by atoms with Crippen LogP contribution in [0.4, 0.5) is 0 Å². The van der Waals surface area contributed by atoms with Gasteiger partial charge >= 0.3 is 0 Å². The van der Waals surface area contributed by atoms with E-state index < -0.39 is 0 Å². The van der Waals surface area contributed by atoms with Gasteiger partial charge in [-0.25, -0.2) is 4.98 Å². The average Bonchev–Trinajstić information content (AvgIpc) is 3.23. The van der Waals surface area contributed by atoms with Crippen molar-refractivity contribution < 1.29 is 9.53 Å². The molecule has 7 heteroatoms. The third-order valence-corrected chi connectivity index (χ3v) is 5.31. The van der Waals surface area contributed by atoms with Crippen LogP contribution < -0.4 is 5.32 Å². The lowest BCUT2D eigenvalue weighted by atomic mass is 10.3. The van der Waals surface area contributed by atoms with Gasteiger partial charge in [0.05, 0.1) is 31.0 Å². The molecule has 1 saturated heterocycles. The number of nitrogens with one attached hydrogen (secondary N) is 1. The zero-order chi connectivity index (χ0) is 16.4. The maximum Gasteiger partial charge on any atom is 0.226 e. The Labute approximate surface area is 144 Å². The first kappa shape index (κ1) is 15.7. The summed E-state index contributed by atoms with van der Waals surface area (Å²) in [6, 6.07) is 6.52. The van der Waals surface area contributed by atoms with Crippen molar-refractivity contribution in [2.45, 2.75) is 24.9 Å². The first-order valence-electron chi connectivity index (χ1n) is 8.26. The minimum atomic E-state index is 0.0497. The van der Waals surface area contributed by atoms with E-state index in [0.717, 1.165) is 49.1 Å². The van der Waals surface area contributed by atoms with Crippen LogP contribution in [0.15, 0.2) is 29.8 Å². The minimum Gasteiger partial charge on any atom is -0.379 e. The highest BCUT2D eigenvalue weighted by molar-refractivity contribution is 7.13. The molecule has 1 aliphatic carbocycles. The van der Waals surface area contributed by atoms with Crippen LogP contribution in [0, 0.1) is 0 Å². The molecule has 2 fully saturated rings. The fraction of sp³-hybridized carbons (Fsp3) is 0.471. The molecule has 6 nitrogen and oxygen atoms in total. The molecule has 24 heavy (non-hydrogen) atoms. The quantitative estimate of drug-likeness (QED) is 0.886. The van der Waals surface area contributed by atoms with Crippen molar-refractivity contribution in [2.75, 3.05) is 26.3 Å². The van der Waals surface area contributed by atoms with Crippen LogP contribution in [0.3, 0.4) is 0 Å². The van der Waals surface area contributed by atoms with E-state index >= 15 is 0 Å². The van der Waals surface area contributed by atoms with Gasteiger partial charge in [-0.1, -0.05) is 6.07 Å². The Morgan fingerprint density at radius 3 is 3.04 bits per heavy atom. The molecule has 0 aromatic carbocycles. The number of hydrogen-bond acceptors (Lipinski definition) is 6. The number of morpholine rings is 1. The molecule has 2 aromatic heterocycles. The van der Waals surface area contributed by atoms with Gasteiger partial charge in [-0.3, -0.25) is 14.7 Å². The van der Waals surface area contributed by atoms with Gasteiger partial charge in [0.1, 0.15) is 5.01 Å². The highest BCUT2D eigenvalue weighted by Gasteiger charge is 2.42. The van der Waals surface area contributed by atoms with E-state index in [0.29, 0.717) is 12.5 Å². The number of pyridine rings is 1. The van der Waals surface area contributed by atoms with Crippen molar-refractivity contribution in [1.29, 1.82) is 0 Å². The van der Waals surface area contributed by atoms with Crippen LogP contribution in [0.2, 0.25) is 0 Å². The van der Waals surface area contributed by atoms with E-state index in [-0.39, 0.29) is 11.9 Å². The summed E-state index contributed by atoms with van der Waals surface area (Å²) in [6.07, 6.45) is 3.12. The fourth-order valence-electron chi connectivity index (χ4n) is 3.07. The molecule has 1 saturated carbocycles. The normalized spacial score (nSPS) is 23.8. The Balaban J connectivity index is 1.29. The van der Waals surface area contributed by atoms with Crippen molar-refractivity contribution in [3.8, 4) is 10.7 Å². The summed E-state index contributed by atoms with van der Waals surface area (Å²) >= 11 is 1.53. The van der Waals surface area contributed by atoms with Crippen molar-refractivity contribution in [2.24, 2.45) is 0 Å². The Morgan fingerprint density at radius 1 is 1.38 bits per heavy atom. The first-order chi connectivity index (χ1) is 11.8. The van der Waals surface area contributed by atoms with E-state index in [1.165, 1.54) is 11.3 Å². The van der Waals surface area contributed by atoms with Gasteiger partial charge in [0.25, 0.3) is 0 Å². The zero-order valence-corrected chi connectivity index (χ0v) is 14.2. The van der Waals surface area contributed by atoms with Crippen LogP contribution in [0.1, 0.15) is 12.1 Å². The second-order valence-corrected chi connectivity index (χ2v) is 7.02. The van der Waals surface area contributed by atoms with Gasteiger partial charge < -0.3 is 10.1 Å². The lowest BCUT2D eigenvalue weighted by Gasteiger charge is -2.26. The zero-order valence-electron chi connectivity index (χ0n) is 13.4. The Morgan fingerprint density at radius 2 is 2.25 bits per heavy atom. The molecule has 4 rings (SSSR count). The standard InChI is InChI=1S/C17H20N4O2S/c22-16(20-14-10-15(14)21-5-7-23-8-6-21)9-12-11-24-17(19-12)13-3-1-2-4-18-13/h1-4,11,14-15H,5-10H2,(H,20,22)/t14-,15-/m1/s1. The molecule has 0 unspecified atom stereocenters. The third-order valence-electron chi connectivity index (χ3n) is 4.40. The van der Waals surface area contributed by atoms with E-state index in [1.807, 2.05) is 23.6 Å². The number of rotatable bonds is 5. The van der Waals surface area contributed by atoms with Crippen molar-refractivity contribution in [3.05, 3.63) is 35.5 Å². The van der Waals surface area contributed by atoms with Crippen molar-refractivity contribution in [3.63, 3.8) is 0 Å². The number of carbonyl (C=O) groups excluding carboxylic acids is 1. The Bertz CT molecular complexity index is 700. The maximum atomic E-state index is 12.2. The summed E-state index contributed by atoms with van der Waals surface area (Å²) < 4.78 is 5.37. The minimum absolute atomic E-state index is 0.0497. The monoisotopic (exact) mass is 344 g/mol. The van der Waals surface area contributed by atoms with Gasteiger partial charge in [-0.15, -0.1) is 11.3 Å². The largest absolute Gasteiger partial charge is 0.379 e. The molecule has 1 aliphatic heterocycles. The third kappa shape index (κ3) is 3.63. The molecular formula is C17H20N4O2S. The highest BCUT2D eigenvalue weighted by atomic mass is 32.1. The summed E-state index contributed by atoms with van der Waals surface area (Å²) in [5, 5.41) is 5.92. The van der Waals surface area contributed by atoms with Gasteiger partial charge in [0, 0.05) is 36.8 Å². The van der Waals surface area contributed by atoms with Gasteiger partial charge in [0.15, 0.2) is 0 Å². The maximum absolute atomic E-state index is 12.2. The van der Waals surface area contributed by atoms with Crippen LogP contribution in [0.25, 0.3) is 10.7 Å². The van der Waals surface area contributed by atoms with Crippen molar-refractivity contribution >= 4 is 17.2 Å². The number of aromatic nitrogens is 2. The second-order valence-electron chi connectivity index (χ2n) is 6.16. The van der Waals surface area contributed by atoms with E-state index in [2.05, 4.69) is 20.2 Å². The smallest absolute Gasteiger partial charge is 0.226 e. The molecule has 0 bridgehead atoms. The van der Waals surface area contributed by atoms with Crippen LogP contribution in [0.5, 0.6) is 0 Å². The molecule has 126 valence electrons. The lowest BCUT2D eigenvalue weighted by Crippen LogP contribution is -2.41.